The fourth-order valence-corrected chi connectivity index (χ4v) is 5.10. The number of benzene rings is 2. The summed E-state index contributed by atoms with van der Waals surface area (Å²) >= 11 is 1.40. The highest BCUT2D eigenvalue weighted by Gasteiger charge is 2.27. The highest BCUT2D eigenvalue weighted by atomic mass is 32.1. The average molecular weight is 484 g/mol. The Hall–Kier alpha value is -3.24. The molecule has 0 saturated carbocycles. The zero-order valence-corrected chi connectivity index (χ0v) is 20.5. The Morgan fingerprint density at radius 2 is 1.91 bits per heavy atom. The van der Waals surface area contributed by atoms with Crippen LogP contribution in [0, 0.1) is 10.1 Å². The molecule has 0 aliphatic carbocycles. The summed E-state index contributed by atoms with van der Waals surface area (Å²) in [6.45, 7) is 2.61. The number of aromatic nitrogens is 1. The van der Waals surface area contributed by atoms with Crippen LogP contribution in [0.4, 0.5) is 16.5 Å². The van der Waals surface area contributed by atoms with Crippen LogP contribution in [0.25, 0.3) is 10.2 Å². The van der Waals surface area contributed by atoms with Gasteiger partial charge in [-0.3, -0.25) is 19.8 Å². The van der Waals surface area contributed by atoms with Crippen LogP contribution in [0.15, 0.2) is 36.4 Å². The summed E-state index contributed by atoms with van der Waals surface area (Å²) in [5.74, 6) is 0.416. The van der Waals surface area contributed by atoms with E-state index in [4.69, 9.17) is 4.74 Å². The number of methoxy groups -OCH3 is 1. The number of rotatable bonds is 8. The van der Waals surface area contributed by atoms with Gasteiger partial charge in [-0.05, 0) is 63.7 Å². The molecule has 0 unspecified atom stereocenters. The molecule has 10 heteroatoms. The number of hydrogen-bond donors (Lipinski definition) is 0. The highest BCUT2D eigenvalue weighted by Crippen LogP contribution is 2.34. The minimum absolute atomic E-state index is 0.0330. The van der Waals surface area contributed by atoms with E-state index in [9.17, 15) is 14.9 Å². The normalized spacial score (nSPS) is 13.9. The van der Waals surface area contributed by atoms with Crippen molar-refractivity contribution in [2.75, 3.05) is 57.2 Å². The molecule has 2 aromatic carbocycles. The molecule has 9 nitrogen and oxygen atoms in total. The first kappa shape index (κ1) is 23.9. The molecule has 3 aromatic rings. The van der Waals surface area contributed by atoms with E-state index in [1.54, 1.807) is 24.1 Å². The number of carbonyl (C=O) groups excluding carboxylic acids is 1. The third-order valence-electron chi connectivity index (χ3n) is 5.95. The second-order valence-corrected chi connectivity index (χ2v) is 9.61. The summed E-state index contributed by atoms with van der Waals surface area (Å²) in [6, 6.07) is 10.4. The van der Waals surface area contributed by atoms with Crippen LogP contribution in [-0.2, 0) is 0 Å². The van der Waals surface area contributed by atoms with Gasteiger partial charge in [0, 0.05) is 37.8 Å². The maximum Gasteiger partial charge on any atom is 0.293 e. The molecule has 1 aromatic heterocycles. The minimum Gasteiger partial charge on any atom is -0.497 e. The Kier molecular flexibility index (Phi) is 7.28. The third kappa shape index (κ3) is 5.13. The van der Waals surface area contributed by atoms with Crippen molar-refractivity contribution in [1.82, 2.24) is 9.88 Å². The Labute approximate surface area is 202 Å². The van der Waals surface area contributed by atoms with Gasteiger partial charge in [-0.2, -0.15) is 0 Å². The molecule has 34 heavy (non-hydrogen) atoms. The second-order valence-electron chi connectivity index (χ2n) is 8.60. The molecule has 1 aliphatic rings. The third-order valence-corrected chi connectivity index (χ3v) is 6.99. The summed E-state index contributed by atoms with van der Waals surface area (Å²) < 4.78 is 6.21. The number of amides is 1. The number of likely N-dealkylation sites (N-methyl/N-ethyl adjacent to an activating group) is 1. The van der Waals surface area contributed by atoms with Gasteiger partial charge in [-0.25, -0.2) is 4.98 Å². The molecular weight excluding hydrogens is 454 g/mol. The molecule has 0 bridgehead atoms. The molecule has 1 aliphatic heterocycles. The summed E-state index contributed by atoms with van der Waals surface area (Å²) in [4.78, 5) is 35.4. The molecule has 2 heterocycles. The highest BCUT2D eigenvalue weighted by molar-refractivity contribution is 7.22. The van der Waals surface area contributed by atoms with E-state index in [2.05, 4.69) is 4.98 Å². The lowest BCUT2D eigenvalue weighted by Gasteiger charge is -2.28. The van der Waals surface area contributed by atoms with Gasteiger partial charge >= 0.3 is 0 Å². The lowest BCUT2D eigenvalue weighted by atomic mass is 10.1. The van der Waals surface area contributed by atoms with Crippen molar-refractivity contribution < 1.29 is 14.5 Å². The van der Waals surface area contributed by atoms with Crippen molar-refractivity contribution in [3.05, 3.63) is 52.1 Å². The zero-order chi connectivity index (χ0) is 24.2. The van der Waals surface area contributed by atoms with Crippen LogP contribution < -0.4 is 14.5 Å². The molecule has 1 saturated heterocycles. The lowest BCUT2D eigenvalue weighted by Crippen LogP contribution is -2.37. The van der Waals surface area contributed by atoms with Crippen molar-refractivity contribution in [2.45, 2.75) is 19.3 Å². The molecule has 0 atom stereocenters. The number of carbonyl (C=O) groups is 1. The maximum atomic E-state index is 13.6. The summed E-state index contributed by atoms with van der Waals surface area (Å²) in [5.41, 5.74) is 1.60. The lowest BCUT2D eigenvalue weighted by molar-refractivity contribution is -0.384. The van der Waals surface area contributed by atoms with Gasteiger partial charge in [0.25, 0.3) is 11.6 Å². The van der Waals surface area contributed by atoms with Gasteiger partial charge < -0.3 is 14.5 Å². The van der Waals surface area contributed by atoms with Crippen LogP contribution in [0.3, 0.4) is 0 Å². The molecule has 0 N–H and O–H groups in total. The van der Waals surface area contributed by atoms with Crippen LogP contribution in [-0.4, -0.2) is 68.1 Å². The van der Waals surface area contributed by atoms with Gasteiger partial charge in [0.2, 0.25) is 0 Å². The predicted molar refractivity (Wildman–Crippen MR) is 136 cm³/mol. The molecule has 0 spiro atoms. The van der Waals surface area contributed by atoms with Crippen molar-refractivity contribution in [3.63, 3.8) is 0 Å². The molecule has 0 radical (unpaired) electrons. The number of piperidine rings is 1. The van der Waals surface area contributed by atoms with Gasteiger partial charge in [0.15, 0.2) is 5.13 Å². The first-order chi connectivity index (χ1) is 16.4. The fraction of sp³-hybridized carbons (Fsp3) is 0.417. The monoisotopic (exact) mass is 483 g/mol. The largest absolute Gasteiger partial charge is 0.497 e. The number of ether oxygens (including phenoxy) is 1. The van der Waals surface area contributed by atoms with E-state index in [1.165, 1.54) is 17.4 Å². The summed E-state index contributed by atoms with van der Waals surface area (Å²) in [7, 11) is 5.48. The van der Waals surface area contributed by atoms with Crippen molar-refractivity contribution in [2.24, 2.45) is 0 Å². The SMILES string of the molecule is COc1ccc2nc(N(CCN(C)C)C(=O)c3ccc(N4CCCCC4)c([N+](=O)[O-])c3)sc2c1. The average Bonchev–Trinajstić information content (AvgIpc) is 3.26. The van der Waals surface area contributed by atoms with Gasteiger partial charge in [0.05, 0.1) is 22.2 Å². The minimum atomic E-state index is -0.394. The van der Waals surface area contributed by atoms with E-state index in [1.807, 2.05) is 42.1 Å². The van der Waals surface area contributed by atoms with E-state index in [0.29, 0.717) is 23.9 Å². The van der Waals surface area contributed by atoms with E-state index < -0.39 is 4.92 Å². The molecule has 1 amide bonds. The molecule has 4 rings (SSSR count). The van der Waals surface area contributed by atoms with Gasteiger partial charge in [-0.1, -0.05) is 11.3 Å². The number of nitro benzene ring substituents is 1. The Morgan fingerprint density at radius 3 is 2.59 bits per heavy atom. The fourth-order valence-electron chi connectivity index (χ4n) is 4.08. The molecular formula is C24H29N5O4S. The standard InChI is InChI=1S/C24H29N5O4S/c1-26(2)13-14-28(24-25-19-9-8-18(33-3)16-22(19)34-24)23(30)17-7-10-20(21(15-17)29(31)32)27-11-5-4-6-12-27/h7-10,15-16H,4-6,11-14H2,1-3H3. The number of nitro groups is 1. The van der Waals surface area contributed by atoms with Crippen LogP contribution >= 0.6 is 11.3 Å². The first-order valence-electron chi connectivity index (χ1n) is 11.3. The maximum absolute atomic E-state index is 13.6. The van der Waals surface area contributed by atoms with Crippen molar-refractivity contribution in [1.29, 1.82) is 0 Å². The number of nitrogens with zero attached hydrogens (tertiary/aromatic N) is 5. The first-order valence-corrected chi connectivity index (χ1v) is 12.1. The number of anilines is 2. The quantitative estimate of drug-likeness (QED) is 0.346. The summed E-state index contributed by atoms with van der Waals surface area (Å²) in [5, 5.41) is 12.5. The topological polar surface area (TPSA) is 92.1 Å². The molecule has 1 fully saturated rings. The van der Waals surface area contributed by atoms with Crippen LogP contribution in [0.2, 0.25) is 0 Å². The Balaban J connectivity index is 1.70. The smallest absolute Gasteiger partial charge is 0.293 e. The number of fused-ring (bicyclic) bond motifs is 1. The summed E-state index contributed by atoms with van der Waals surface area (Å²) in [6.07, 6.45) is 3.16. The molecule has 180 valence electrons. The van der Waals surface area contributed by atoms with Crippen molar-refractivity contribution >= 4 is 44.0 Å². The second kappa shape index (κ2) is 10.4. The Bertz CT molecular complexity index is 1190. The predicted octanol–water partition coefficient (Wildman–Crippen LogP) is 4.41. The van der Waals surface area contributed by atoms with E-state index >= 15 is 0 Å². The number of thiazole rings is 1. The zero-order valence-electron chi connectivity index (χ0n) is 19.7. The van der Waals surface area contributed by atoms with Crippen LogP contribution in [0.1, 0.15) is 29.6 Å². The van der Waals surface area contributed by atoms with E-state index in [-0.39, 0.29) is 17.2 Å². The van der Waals surface area contributed by atoms with Gasteiger partial charge in [0.1, 0.15) is 11.4 Å². The van der Waals surface area contributed by atoms with Crippen molar-refractivity contribution in [3.8, 4) is 5.75 Å². The van der Waals surface area contributed by atoms with Crippen LogP contribution in [0.5, 0.6) is 5.75 Å². The Morgan fingerprint density at radius 1 is 1.15 bits per heavy atom. The number of hydrogen-bond acceptors (Lipinski definition) is 8. The van der Waals surface area contributed by atoms with E-state index in [0.717, 1.165) is 48.3 Å². The van der Waals surface area contributed by atoms with Gasteiger partial charge in [-0.15, -0.1) is 0 Å².